The van der Waals surface area contributed by atoms with Crippen LogP contribution < -0.4 is 24.8 Å². The second kappa shape index (κ2) is 7.18. The molecule has 98 valence electrons. The second-order valence-electron chi connectivity index (χ2n) is 5.00. The van der Waals surface area contributed by atoms with Gasteiger partial charge in [-0.05, 0) is 0 Å². The summed E-state index contributed by atoms with van der Waals surface area (Å²) in [5.74, 6) is 0. The average molecular weight is 362 g/mol. The van der Waals surface area contributed by atoms with Gasteiger partial charge in [-0.1, -0.05) is 0 Å². The quantitative estimate of drug-likeness (QED) is 0.549. The predicted octanol–water partition coefficient (Wildman–Crippen LogP) is -1.71. The summed E-state index contributed by atoms with van der Waals surface area (Å²) in [6.45, 7) is 9.03. The van der Waals surface area contributed by atoms with Crippen molar-refractivity contribution in [2.45, 2.75) is 40.5 Å². The molecule has 0 saturated carbocycles. The van der Waals surface area contributed by atoms with Crippen LogP contribution in [0.5, 0.6) is 0 Å². The van der Waals surface area contributed by atoms with Crippen molar-refractivity contribution in [3.05, 3.63) is 41.0 Å². The van der Waals surface area contributed by atoms with Crippen molar-refractivity contribution >= 4 is 4.21 Å². The molecule has 0 heterocycles. The van der Waals surface area contributed by atoms with Crippen molar-refractivity contribution in [1.29, 1.82) is 0 Å². The average Bonchev–Trinajstić information content (AvgIpc) is 2.71. The molecule has 2 aliphatic rings. The fourth-order valence-corrected chi connectivity index (χ4v) is 8.51. The van der Waals surface area contributed by atoms with E-state index >= 15 is 0 Å². The molecule has 0 aromatic rings. The van der Waals surface area contributed by atoms with Crippen molar-refractivity contribution in [2.24, 2.45) is 0 Å². The summed E-state index contributed by atoms with van der Waals surface area (Å²) in [5.41, 5.74) is 6.08. The van der Waals surface area contributed by atoms with Crippen LogP contribution in [0.3, 0.4) is 0 Å². The molecule has 2 aliphatic carbocycles. The predicted molar refractivity (Wildman–Crippen MR) is 69.3 cm³/mol. The molecule has 2 rings (SSSR count). The van der Waals surface area contributed by atoms with Crippen LogP contribution in [0.4, 0.5) is 0 Å². The topological polar surface area (TPSA) is 0 Å². The Labute approximate surface area is 131 Å². The van der Waals surface area contributed by atoms with Crippen molar-refractivity contribution in [2.75, 3.05) is 0 Å². The summed E-state index contributed by atoms with van der Waals surface area (Å²) in [6.07, 6.45) is 7.12. The van der Waals surface area contributed by atoms with E-state index in [9.17, 15) is 0 Å². The van der Waals surface area contributed by atoms with Gasteiger partial charge in [-0.2, -0.15) is 0 Å². The summed E-state index contributed by atoms with van der Waals surface area (Å²) in [5, 5.41) is 0. The van der Waals surface area contributed by atoms with E-state index < -0.39 is 21.3 Å². The first-order valence-corrected chi connectivity index (χ1v) is 10.1. The molecule has 0 aliphatic heterocycles. The van der Waals surface area contributed by atoms with Gasteiger partial charge in [0.1, 0.15) is 0 Å². The van der Waals surface area contributed by atoms with Crippen molar-refractivity contribution < 1.29 is 46.1 Å². The van der Waals surface area contributed by atoms with Gasteiger partial charge in [0.05, 0.1) is 0 Å². The molecule has 0 nitrogen and oxygen atoms in total. The van der Waals surface area contributed by atoms with Crippen LogP contribution in [0.15, 0.2) is 41.0 Å². The Bertz CT molecular complexity index is 491. The first-order valence-electron chi connectivity index (χ1n) is 5.94. The maximum atomic E-state index is 4.59. The molecule has 0 spiro atoms. The zero-order chi connectivity index (χ0) is 11.9. The molecule has 0 N–H and O–H groups in total. The van der Waals surface area contributed by atoms with E-state index in [1.807, 2.05) is 0 Å². The van der Waals surface area contributed by atoms with Crippen LogP contribution in [0.1, 0.15) is 40.5 Å². The normalized spacial score (nSPS) is 17.7. The summed E-state index contributed by atoms with van der Waals surface area (Å²) in [6, 6.07) is 0. The van der Waals surface area contributed by atoms with E-state index in [1.165, 1.54) is 29.6 Å². The molecule has 0 fully saturated rings. The third-order valence-corrected chi connectivity index (χ3v) is 10.2. The zero-order valence-corrected chi connectivity index (χ0v) is 15.5. The minimum atomic E-state index is -1.71. The Balaban J connectivity index is 0.00000144. The van der Waals surface area contributed by atoms with Gasteiger partial charge >= 0.3 is 107 Å². The van der Waals surface area contributed by atoms with E-state index in [0.29, 0.717) is 0 Å². The summed E-state index contributed by atoms with van der Waals surface area (Å²) in [7, 11) is 0. The molecule has 3 heteroatoms. The minimum absolute atomic E-state index is 0. The summed E-state index contributed by atoms with van der Waals surface area (Å²) < 4.78 is 8.03. The van der Waals surface area contributed by atoms with Crippen LogP contribution in [0.2, 0.25) is 0 Å². The van der Waals surface area contributed by atoms with Crippen molar-refractivity contribution in [3.63, 3.8) is 0 Å². The van der Waals surface area contributed by atoms with E-state index in [-0.39, 0.29) is 24.8 Å². The van der Waals surface area contributed by atoms with Crippen molar-refractivity contribution in [1.82, 2.24) is 0 Å². The van der Waals surface area contributed by atoms with Gasteiger partial charge in [-0.15, -0.1) is 0 Å². The first kappa shape index (κ1) is 18.3. The molecule has 18 heavy (non-hydrogen) atoms. The number of rotatable bonds is 2. The van der Waals surface area contributed by atoms with Crippen LogP contribution >= 0.6 is 0 Å². The maximum absolute atomic E-state index is 4.59. The molecule has 0 bridgehead atoms. The molecular formula is C15H20Cl2Zr. The van der Waals surface area contributed by atoms with Gasteiger partial charge in [0, 0.05) is 0 Å². The van der Waals surface area contributed by atoms with Crippen LogP contribution in [0.25, 0.3) is 0 Å². The molecule has 0 aromatic heterocycles. The van der Waals surface area contributed by atoms with Gasteiger partial charge < -0.3 is 24.8 Å². The Morgan fingerprint density at radius 2 is 1.67 bits per heavy atom. The number of hydrogen-bond acceptors (Lipinski definition) is 0. The third-order valence-electron chi connectivity index (χ3n) is 3.78. The molecule has 0 saturated heterocycles. The Morgan fingerprint density at radius 1 is 1.06 bits per heavy atom. The molecule has 0 radical (unpaired) electrons. The largest absolute Gasteiger partial charge is 1.00 e. The second-order valence-corrected chi connectivity index (χ2v) is 10.3. The SMILES string of the molecule is [CH2]=[Zr+2]([C]1=C(C)C=C(C)C1)[C]1=C(C)C(C)=CC1.[Cl-].[Cl-]. The number of halogens is 2. The van der Waals surface area contributed by atoms with Gasteiger partial charge in [0.25, 0.3) is 0 Å². The summed E-state index contributed by atoms with van der Waals surface area (Å²) >= 11 is -1.71. The van der Waals surface area contributed by atoms with Crippen LogP contribution in [-0.2, 0) is 21.3 Å². The standard InChI is InChI=1S/2C7H9.CH2.2ClH.Zr/c1-6-3-4-7(2)5-6;1-6-4-3-5-7(6)2;;;;/h5H,3H2,1-2H3;4H,3H2,1-2H3;1H2;2*1H;/q;;;;;+2/p-2. The van der Waals surface area contributed by atoms with Gasteiger partial charge in [-0.25, -0.2) is 0 Å². The summed E-state index contributed by atoms with van der Waals surface area (Å²) in [4.78, 5) is 0. The van der Waals surface area contributed by atoms with Gasteiger partial charge in [0.15, 0.2) is 0 Å². The monoisotopic (exact) mass is 360 g/mol. The van der Waals surface area contributed by atoms with E-state index in [4.69, 9.17) is 0 Å². The van der Waals surface area contributed by atoms with E-state index in [0.717, 1.165) is 0 Å². The van der Waals surface area contributed by atoms with E-state index in [2.05, 4.69) is 44.1 Å². The smallest absolute Gasteiger partial charge is 1.00 e. The molecular weight excluding hydrogens is 342 g/mol. The van der Waals surface area contributed by atoms with Crippen LogP contribution in [0, 0.1) is 0 Å². The number of allylic oxidation sites excluding steroid dienone is 8. The van der Waals surface area contributed by atoms with Gasteiger partial charge in [-0.3, -0.25) is 0 Å². The van der Waals surface area contributed by atoms with Crippen molar-refractivity contribution in [3.8, 4) is 0 Å². The Morgan fingerprint density at radius 3 is 2.06 bits per heavy atom. The fourth-order valence-electron chi connectivity index (χ4n) is 2.60. The third kappa shape index (κ3) is 3.44. The number of hydrogen-bond donors (Lipinski definition) is 0. The molecule has 0 unspecified atom stereocenters. The maximum Gasteiger partial charge on any atom is -1.00 e. The Kier molecular flexibility index (Phi) is 7.29. The van der Waals surface area contributed by atoms with Crippen LogP contribution in [-0.4, -0.2) is 4.21 Å². The van der Waals surface area contributed by atoms with Gasteiger partial charge in [0.2, 0.25) is 0 Å². The zero-order valence-electron chi connectivity index (χ0n) is 11.5. The first-order chi connectivity index (χ1) is 7.50. The molecule has 0 atom stereocenters. The fraction of sp³-hybridized carbons (Fsp3) is 0.400. The minimum Gasteiger partial charge on any atom is -1.00 e. The van der Waals surface area contributed by atoms with E-state index in [1.54, 1.807) is 12.1 Å². The molecule has 0 amide bonds. The Hall–Kier alpha value is 0.293. The molecule has 0 aromatic carbocycles.